The molecule has 1 aliphatic carbocycles. The van der Waals surface area contributed by atoms with Crippen molar-refractivity contribution >= 4 is 11.9 Å². The van der Waals surface area contributed by atoms with Gasteiger partial charge in [0.2, 0.25) is 0 Å². The highest BCUT2D eigenvalue weighted by molar-refractivity contribution is 5.92. The summed E-state index contributed by atoms with van der Waals surface area (Å²) in [4.78, 5) is 22.6. The maximum absolute atomic E-state index is 12.0. The van der Waals surface area contributed by atoms with Gasteiger partial charge in [0.05, 0.1) is 0 Å². The predicted molar refractivity (Wildman–Crippen MR) is 69.0 cm³/mol. The molecule has 2 rings (SSSR count). The summed E-state index contributed by atoms with van der Waals surface area (Å²) >= 11 is 0. The molecule has 104 valence electrons. The summed E-state index contributed by atoms with van der Waals surface area (Å²) in [6, 6.07) is 1.78. The molecule has 1 aliphatic rings. The van der Waals surface area contributed by atoms with Gasteiger partial charge in [-0.15, -0.1) is 0 Å². The Morgan fingerprint density at radius 1 is 1.53 bits per heavy atom. The van der Waals surface area contributed by atoms with Crippen molar-refractivity contribution in [3.05, 3.63) is 17.5 Å². The zero-order valence-corrected chi connectivity index (χ0v) is 11.2. The lowest BCUT2D eigenvalue weighted by atomic mass is 9.98. The van der Waals surface area contributed by atoms with Crippen molar-refractivity contribution in [3.8, 4) is 0 Å². The fraction of sp³-hybridized carbons (Fsp3) is 0.615. The lowest BCUT2D eigenvalue weighted by Gasteiger charge is -2.25. The molecule has 0 aliphatic heterocycles. The van der Waals surface area contributed by atoms with E-state index in [1.807, 2.05) is 13.8 Å². The summed E-state index contributed by atoms with van der Waals surface area (Å²) in [5.41, 5.74) is 0.813. The van der Waals surface area contributed by atoms with Gasteiger partial charge in [-0.1, -0.05) is 0 Å². The molecule has 19 heavy (non-hydrogen) atoms. The normalized spacial score (nSPS) is 15.3. The van der Waals surface area contributed by atoms with Crippen LogP contribution in [0.25, 0.3) is 0 Å². The monoisotopic (exact) mass is 265 g/mol. The van der Waals surface area contributed by atoms with Crippen molar-refractivity contribution in [1.29, 1.82) is 0 Å². The van der Waals surface area contributed by atoms with Gasteiger partial charge in [0, 0.05) is 23.6 Å². The molecule has 1 amide bonds. The molecule has 3 N–H and O–H groups in total. The second-order valence-corrected chi connectivity index (χ2v) is 5.71. The van der Waals surface area contributed by atoms with Gasteiger partial charge < -0.3 is 10.4 Å². The number of carboxylic acid groups (broad SMARTS) is 1. The molecule has 0 radical (unpaired) electrons. The van der Waals surface area contributed by atoms with E-state index in [9.17, 15) is 9.59 Å². The zero-order chi connectivity index (χ0) is 14.0. The maximum Gasteiger partial charge on any atom is 0.303 e. The number of carbonyl (C=O) groups excluding carboxylic acids is 1. The standard InChI is InChI=1S/C13H19N3O3/c1-13(2,6-5-11(17)18)14-12(19)10-7-9(15-16-10)8-3-4-8/h7-8H,3-6H2,1-2H3,(H,14,19)(H,15,16)(H,17,18). The van der Waals surface area contributed by atoms with E-state index in [1.54, 1.807) is 6.07 Å². The Labute approximate surface area is 111 Å². The fourth-order valence-corrected chi connectivity index (χ4v) is 1.91. The van der Waals surface area contributed by atoms with Crippen molar-refractivity contribution in [3.63, 3.8) is 0 Å². The summed E-state index contributed by atoms with van der Waals surface area (Å²) in [6.07, 6.45) is 2.70. The lowest BCUT2D eigenvalue weighted by Crippen LogP contribution is -2.43. The topological polar surface area (TPSA) is 95.1 Å². The number of carboxylic acids is 1. The summed E-state index contributed by atoms with van der Waals surface area (Å²) < 4.78 is 0. The number of aromatic nitrogens is 2. The first kappa shape index (κ1) is 13.6. The van der Waals surface area contributed by atoms with Crippen molar-refractivity contribution in [2.75, 3.05) is 0 Å². The third-order valence-corrected chi connectivity index (χ3v) is 3.26. The lowest BCUT2D eigenvalue weighted by molar-refractivity contribution is -0.137. The SMILES string of the molecule is CC(C)(CCC(=O)O)NC(=O)c1cc(C2CC2)[nH]n1. The van der Waals surface area contributed by atoms with Crippen LogP contribution in [0.4, 0.5) is 0 Å². The number of rotatable bonds is 6. The second-order valence-electron chi connectivity index (χ2n) is 5.71. The molecule has 1 aromatic rings. The molecule has 0 unspecified atom stereocenters. The van der Waals surface area contributed by atoms with E-state index in [2.05, 4.69) is 15.5 Å². The van der Waals surface area contributed by atoms with Crippen LogP contribution in [0.15, 0.2) is 6.07 Å². The van der Waals surface area contributed by atoms with Crippen molar-refractivity contribution in [1.82, 2.24) is 15.5 Å². The Kier molecular flexibility index (Phi) is 3.59. The van der Waals surface area contributed by atoms with Crippen LogP contribution in [0.5, 0.6) is 0 Å². The molecule has 1 saturated carbocycles. The number of amides is 1. The highest BCUT2D eigenvalue weighted by atomic mass is 16.4. The van der Waals surface area contributed by atoms with E-state index >= 15 is 0 Å². The highest BCUT2D eigenvalue weighted by Crippen LogP contribution is 2.38. The number of hydrogen-bond donors (Lipinski definition) is 3. The number of nitrogens with one attached hydrogen (secondary N) is 2. The van der Waals surface area contributed by atoms with Crippen LogP contribution in [0.2, 0.25) is 0 Å². The molecule has 0 saturated heterocycles. The molecule has 1 heterocycles. The van der Waals surface area contributed by atoms with Crippen molar-refractivity contribution in [2.45, 2.75) is 51.0 Å². The van der Waals surface area contributed by atoms with Gasteiger partial charge in [-0.05, 0) is 39.2 Å². The first-order chi connectivity index (χ1) is 8.87. The number of aromatic amines is 1. The Morgan fingerprint density at radius 2 is 2.21 bits per heavy atom. The van der Waals surface area contributed by atoms with Crippen molar-refractivity contribution < 1.29 is 14.7 Å². The minimum Gasteiger partial charge on any atom is -0.481 e. The summed E-state index contributed by atoms with van der Waals surface area (Å²) in [7, 11) is 0. The molecule has 0 atom stereocenters. The number of H-pyrrole nitrogens is 1. The summed E-state index contributed by atoms with van der Waals surface area (Å²) in [5, 5.41) is 18.4. The fourth-order valence-electron chi connectivity index (χ4n) is 1.91. The van der Waals surface area contributed by atoms with Crippen LogP contribution in [-0.4, -0.2) is 32.7 Å². The molecular formula is C13H19N3O3. The van der Waals surface area contributed by atoms with Crippen LogP contribution in [0.3, 0.4) is 0 Å². The maximum atomic E-state index is 12.0. The smallest absolute Gasteiger partial charge is 0.303 e. The van der Waals surface area contributed by atoms with Crippen LogP contribution >= 0.6 is 0 Å². The van der Waals surface area contributed by atoms with E-state index < -0.39 is 11.5 Å². The Hall–Kier alpha value is -1.85. The Morgan fingerprint density at radius 3 is 2.79 bits per heavy atom. The van der Waals surface area contributed by atoms with E-state index in [4.69, 9.17) is 5.11 Å². The molecule has 0 spiro atoms. The Balaban J connectivity index is 1.92. The average Bonchev–Trinajstić information content (AvgIpc) is 3.04. The molecule has 1 fully saturated rings. The number of carbonyl (C=O) groups is 2. The van der Waals surface area contributed by atoms with Gasteiger partial charge in [0.1, 0.15) is 5.69 Å². The van der Waals surface area contributed by atoms with Crippen LogP contribution in [0, 0.1) is 0 Å². The number of nitrogens with zero attached hydrogens (tertiary/aromatic N) is 1. The number of aliphatic carboxylic acids is 1. The van der Waals surface area contributed by atoms with Gasteiger partial charge >= 0.3 is 5.97 Å². The van der Waals surface area contributed by atoms with Crippen LogP contribution in [-0.2, 0) is 4.79 Å². The third-order valence-electron chi connectivity index (χ3n) is 3.26. The van der Waals surface area contributed by atoms with E-state index in [0.29, 0.717) is 18.0 Å². The summed E-state index contributed by atoms with van der Waals surface area (Å²) in [5.74, 6) is -0.606. The van der Waals surface area contributed by atoms with E-state index in [-0.39, 0.29) is 12.3 Å². The highest BCUT2D eigenvalue weighted by Gasteiger charge is 2.28. The predicted octanol–water partition coefficient (Wildman–Crippen LogP) is 1.66. The molecular weight excluding hydrogens is 246 g/mol. The number of hydrogen-bond acceptors (Lipinski definition) is 3. The van der Waals surface area contributed by atoms with Gasteiger partial charge in [-0.25, -0.2) is 0 Å². The van der Waals surface area contributed by atoms with Gasteiger partial charge in [0.15, 0.2) is 0 Å². The second kappa shape index (κ2) is 5.03. The van der Waals surface area contributed by atoms with Crippen LogP contribution in [0.1, 0.15) is 61.6 Å². The summed E-state index contributed by atoms with van der Waals surface area (Å²) in [6.45, 7) is 3.62. The van der Waals surface area contributed by atoms with E-state index in [0.717, 1.165) is 18.5 Å². The average molecular weight is 265 g/mol. The first-order valence-electron chi connectivity index (χ1n) is 6.47. The van der Waals surface area contributed by atoms with Gasteiger partial charge in [0.25, 0.3) is 5.91 Å². The van der Waals surface area contributed by atoms with Crippen molar-refractivity contribution in [2.24, 2.45) is 0 Å². The first-order valence-corrected chi connectivity index (χ1v) is 6.47. The zero-order valence-electron chi connectivity index (χ0n) is 11.2. The third kappa shape index (κ3) is 3.81. The van der Waals surface area contributed by atoms with Gasteiger partial charge in [-0.3, -0.25) is 14.7 Å². The molecule has 0 bridgehead atoms. The Bertz CT molecular complexity index is 489. The molecule has 6 heteroatoms. The quantitative estimate of drug-likeness (QED) is 0.729. The van der Waals surface area contributed by atoms with Crippen LogP contribution < -0.4 is 5.32 Å². The van der Waals surface area contributed by atoms with E-state index in [1.165, 1.54) is 0 Å². The largest absolute Gasteiger partial charge is 0.481 e. The molecule has 1 aromatic heterocycles. The molecule has 0 aromatic carbocycles. The minimum atomic E-state index is -0.863. The molecule has 6 nitrogen and oxygen atoms in total. The minimum absolute atomic E-state index is 0.0289. The van der Waals surface area contributed by atoms with Gasteiger partial charge in [-0.2, -0.15) is 5.10 Å².